The maximum Gasteiger partial charge on any atom is 0.152 e. The van der Waals surface area contributed by atoms with Crippen molar-refractivity contribution in [2.24, 2.45) is 0 Å². The maximum atomic E-state index is 6.21. The smallest absolute Gasteiger partial charge is 0.152 e. The summed E-state index contributed by atoms with van der Waals surface area (Å²) < 4.78 is 7.62. The van der Waals surface area contributed by atoms with Crippen molar-refractivity contribution in [2.45, 2.75) is 32.5 Å². The van der Waals surface area contributed by atoms with Gasteiger partial charge in [-0.05, 0) is 37.1 Å². The van der Waals surface area contributed by atoms with Crippen molar-refractivity contribution in [3.63, 3.8) is 0 Å². The van der Waals surface area contributed by atoms with Crippen molar-refractivity contribution in [3.05, 3.63) is 60.2 Å². The third-order valence-corrected chi connectivity index (χ3v) is 5.00. The van der Waals surface area contributed by atoms with Gasteiger partial charge in [0.25, 0.3) is 0 Å². The number of methoxy groups -OCH3 is 1. The van der Waals surface area contributed by atoms with Crippen molar-refractivity contribution in [2.75, 3.05) is 19.4 Å². The van der Waals surface area contributed by atoms with E-state index in [0.717, 1.165) is 60.2 Å². The van der Waals surface area contributed by atoms with E-state index in [1.807, 2.05) is 30.5 Å². The summed E-state index contributed by atoms with van der Waals surface area (Å²) in [5.74, 6) is 1.35. The molecule has 7 nitrogen and oxygen atoms in total. The maximum absolute atomic E-state index is 6.21. The predicted molar refractivity (Wildman–Crippen MR) is 115 cm³/mol. The van der Waals surface area contributed by atoms with E-state index < -0.39 is 0 Å². The highest BCUT2D eigenvalue weighted by Gasteiger charge is 2.16. The summed E-state index contributed by atoms with van der Waals surface area (Å²) in [5, 5.41) is 4.55. The van der Waals surface area contributed by atoms with Crippen LogP contribution in [0.15, 0.2) is 48.8 Å². The second-order valence-corrected chi connectivity index (χ2v) is 7.07. The monoisotopic (exact) mass is 390 g/mol. The topological polar surface area (TPSA) is 90.9 Å². The van der Waals surface area contributed by atoms with Gasteiger partial charge < -0.3 is 20.4 Å². The summed E-state index contributed by atoms with van der Waals surface area (Å²) in [6.07, 6.45) is 5.78. The van der Waals surface area contributed by atoms with Crippen LogP contribution in [-0.2, 0) is 24.4 Å². The number of nitrogen functional groups attached to an aromatic ring is 1. The van der Waals surface area contributed by atoms with E-state index >= 15 is 0 Å². The molecule has 3 heterocycles. The second kappa shape index (κ2) is 8.98. The Kier molecular flexibility index (Phi) is 5.97. The molecule has 0 fully saturated rings. The fraction of sp³-hybridized carbons (Fsp3) is 0.318. The van der Waals surface area contributed by atoms with Crippen LogP contribution in [0.5, 0.6) is 0 Å². The summed E-state index contributed by atoms with van der Waals surface area (Å²) >= 11 is 0. The Labute approximate surface area is 169 Å². The van der Waals surface area contributed by atoms with Crippen LogP contribution >= 0.6 is 0 Å². The van der Waals surface area contributed by atoms with Gasteiger partial charge >= 0.3 is 0 Å². The number of para-hydroxylation sites is 1. The third-order valence-electron chi connectivity index (χ3n) is 5.00. The molecule has 7 heteroatoms. The molecule has 0 unspecified atom stereocenters. The van der Waals surface area contributed by atoms with Gasteiger partial charge in [-0.25, -0.2) is 9.97 Å². The Bertz CT molecular complexity index is 1090. The number of aromatic nitrogens is 4. The Morgan fingerprint density at radius 3 is 2.83 bits per heavy atom. The number of hydrogen-bond acceptors (Lipinski definition) is 6. The fourth-order valence-corrected chi connectivity index (χ4v) is 3.64. The van der Waals surface area contributed by atoms with Crippen molar-refractivity contribution in [1.82, 2.24) is 24.8 Å². The molecular formula is C22H26N6O. The van der Waals surface area contributed by atoms with Crippen LogP contribution in [0.1, 0.15) is 24.2 Å². The molecule has 0 aliphatic carbocycles. The first-order valence-corrected chi connectivity index (χ1v) is 9.90. The van der Waals surface area contributed by atoms with Crippen LogP contribution in [0.25, 0.3) is 21.9 Å². The first-order valence-electron chi connectivity index (χ1n) is 9.90. The zero-order valence-corrected chi connectivity index (χ0v) is 16.6. The number of nitrogens with one attached hydrogen (secondary N) is 1. The molecule has 4 rings (SSSR count). The lowest BCUT2D eigenvalue weighted by molar-refractivity contribution is 0.174. The van der Waals surface area contributed by atoms with E-state index in [2.05, 4.69) is 32.0 Å². The van der Waals surface area contributed by atoms with Gasteiger partial charge in [-0.2, -0.15) is 0 Å². The molecule has 3 aromatic heterocycles. The zero-order chi connectivity index (χ0) is 20.1. The highest BCUT2D eigenvalue weighted by atomic mass is 16.5. The lowest BCUT2D eigenvalue weighted by Gasteiger charge is -2.11. The van der Waals surface area contributed by atoms with Gasteiger partial charge in [-0.1, -0.05) is 24.3 Å². The molecule has 0 aliphatic rings. The molecular weight excluding hydrogens is 364 g/mol. The molecule has 4 aromatic rings. The molecule has 29 heavy (non-hydrogen) atoms. The normalized spacial score (nSPS) is 11.5. The average molecular weight is 390 g/mol. The number of aryl methyl sites for hydroxylation is 1. The van der Waals surface area contributed by atoms with Gasteiger partial charge in [-0.3, -0.25) is 4.98 Å². The molecule has 0 aliphatic heterocycles. The number of hydrogen-bond donors (Lipinski definition) is 2. The van der Waals surface area contributed by atoms with Crippen molar-refractivity contribution in [3.8, 4) is 0 Å². The summed E-state index contributed by atoms with van der Waals surface area (Å²) in [4.78, 5) is 13.4. The lowest BCUT2D eigenvalue weighted by atomic mass is 10.2. The van der Waals surface area contributed by atoms with E-state index in [1.54, 1.807) is 13.3 Å². The number of unbranched alkanes of at least 4 members (excludes halogenated alkanes) is 1. The lowest BCUT2D eigenvalue weighted by Crippen LogP contribution is -2.15. The molecule has 150 valence electrons. The van der Waals surface area contributed by atoms with Crippen molar-refractivity contribution in [1.29, 1.82) is 0 Å². The molecule has 0 amide bonds. The van der Waals surface area contributed by atoms with Crippen molar-refractivity contribution < 1.29 is 4.74 Å². The minimum atomic E-state index is 0.446. The first kappa shape index (κ1) is 19.3. The number of nitrogens with two attached hydrogens (primary N) is 1. The summed E-state index contributed by atoms with van der Waals surface area (Å²) in [7, 11) is 1.69. The number of ether oxygens (including phenoxy) is 1. The second-order valence-electron chi connectivity index (χ2n) is 7.07. The fourth-order valence-electron chi connectivity index (χ4n) is 3.64. The van der Waals surface area contributed by atoms with E-state index in [9.17, 15) is 0 Å². The molecule has 0 spiro atoms. The number of imidazole rings is 1. The highest BCUT2D eigenvalue weighted by molar-refractivity contribution is 6.06. The van der Waals surface area contributed by atoms with Crippen LogP contribution in [0, 0.1) is 0 Å². The Balaban J connectivity index is 1.49. The van der Waals surface area contributed by atoms with Gasteiger partial charge in [0.15, 0.2) is 5.82 Å². The summed E-state index contributed by atoms with van der Waals surface area (Å²) in [6, 6.07) is 12.1. The van der Waals surface area contributed by atoms with Gasteiger partial charge in [0.05, 0.1) is 11.0 Å². The number of pyridine rings is 2. The largest absolute Gasteiger partial charge is 0.382 e. The van der Waals surface area contributed by atoms with Gasteiger partial charge in [-0.15, -0.1) is 0 Å². The Morgan fingerprint density at radius 1 is 1.10 bits per heavy atom. The molecule has 0 atom stereocenters. The Morgan fingerprint density at radius 2 is 2.00 bits per heavy atom. The van der Waals surface area contributed by atoms with Crippen LogP contribution in [-0.4, -0.2) is 33.2 Å². The van der Waals surface area contributed by atoms with E-state index in [0.29, 0.717) is 12.4 Å². The van der Waals surface area contributed by atoms with E-state index in [1.165, 1.54) is 5.56 Å². The number of fused-ring (bicyclic) bond motifs is 3. The minimum Gasteiger partial charge on any atom is -0.382 e. The highest BCUT2D eigenvalue weighted by Crippen LogP contribution is 2.29. The van der Waals surface area contributed by atoms with E-state index in [4.69, 9.17) is 15.5 Å². The number of nitrogens with zero attached hydrogens (tertiary/aromatic N) is 4. The molecule has 0 bridgehead atoms. The summed E-state index contributed by atoms with van der Waals surface area (Å²) in [5.41, 5.74) is 10.1. The number of rotatable bonds is 9. The standard InChI is InChI=1S/C22H26N6O/c1-29-15-19-27-20-21(17-8-2-3-9-18(17)26-22(20)23)28(19)12-5-4-10-24-13-16-7-6-11-25-14-16/h2-3,6-9,11,14,24H,4-5,10,12-13,15H2,1H3,(H2,23,26). The molecule has 3 N–H and O–H groups in total. The third kappa shape index (κ3) is 4.21. The van der Waals surface area contributed by atoms with Crippen LogP contribution < -0.4 is 11.1 Å². The van der Waals surface area contributed by atoms with Gasteiger partial charge in [0.1, 0.15) is 17.9 Å². The zero-order valence-electron chi connectivity index (χ0n) is 16.6. The predicted octanol–water partition coefficient (Wildman–Crippen LogP) is 3.28. The van der Waals surface area contributed by atoms with Gasteiger partial charge in [0.2, 0.25) is 0 Å². The number of anilines is 1. The van der Waals surface area contributed by atoms with E-state index in [-0.39, 0.29) is 0 Å². The van der Waals surface area contributed by atoms with Crippen LogP contribution in [0.4, 0.5) is 5.82 Å². The quantitative estimate of drug-likeness (QED) is 0.426. The van der Waals surface area contributed by atoms with Crippen molar-refractivity contribution >= 4 is 27.8 Å². The first-order chi connectivity index (χ1) is 14.3. The molecule has 0 saturated carbocycles. The number of benzene rings is 1. The van der Waals surface area contributed by atoms with Crippen LogP contribution in [0.3, 0.4) is 0 Å². The molecule has 1 aromatic carbocycles. The molecule has 0 radical (unpaired) electrons. The van der Waals surface area contributed by atoms with Crippen LogP contribution in [0.2, 0.25) is 0 Å². The molecule has 0 saturated heterocycles. The van der Waals surface area contributed by atoms with Gasteiger partial charge in [0, 0.05) is 38.0 Å². The summed E-state index contributed by atoms with van der Waals surface area (Å²) in [6.45, 7) is 3.09. The Hall–Kier alpha value is -3.03. The SMILES string of the molecule is COCc1nc2c(N)nc3ccccc3c2n1CCCCNCc1cccnc1. The average Bonchev–Trinajstić information content (AvgIpc) is 3.11. The minimum absolute atomic E-state index is 0.446.